The number of para-hydroxylation sites is 1. The lowest BCUT2D eigenvalue weighted by molar-refractivity contribution is 0.368. The Morgan fingerprint density at radius 3 is 2.33 bits per heavy atom. The van der Waals surface area contributed by atoms with Crippen LogP contribution in [0.25, 0.3) is 0 Å². The Hall–Kier alpha value is -2.36. The van der Waals surface area contributed by atoms with Gasteiger partial charge in [-0.1, -0.05) is 12.1 Å². The Morgan fingerprint density at radius 2 is 1.73 bits per heavy atom. The van der Waals surface area contributed by atoms with Crippen molar-refractivity contribution in [1.82, 2.24) is 10.2 Å². The van der Waals surface area contributed by atoms with Crippen molar-refractivity contribution in [3.8, 4) is 17.2 Å². The van der Waals surface area contributed by atoms with Gasteiger partial charge in [0, 0.05) is 44.0 Å². The molecule has 1 saturated heterocycles. The highest BCUT2D eigenvalue weighted by atomic mass is 127. The van der Waals surface area contributed by atoms with Gasteiger partial charge >= 0.3 is 0 Å². The van der Waals surface area contributed by atoms with Gasteiger partial charge < -0.3 is 29.7 Å². The van der Waals surface area contributed by atoms with E-state index in [2.05, 4.69) is 34.2 Å². The molecule has 164 valence electrons. The topological polar surface area (TPSA) is 69.6 Å². The Kier molecular flexibility index (Phi) is 9.35. The van der Waals surface area contributed by atoms with Gasteiger partial charge in [0.1, 0.15) is 5.75 Å². The highest BCUT2D eigenvalue weighted by Crippen LogP contribution is 2.29. The molecular weight excluding hydrogens is 495 g/mol. The van der Waals surface area contributed by atoms with Crippen molar-refractivity contribution < 1.29 is 14.6 Å². The van der Waals surface area contributed by atoms with E-state index in [1.54, 1.807) is 20.3 Å². The fourth-order valence-corrected chi connectivity index (χ4v) is 3.42. The van der Waals surface area contributed by atoms with Crippen molar-refractivity contribution >= 4 is 35.6 Å². The molecule has 0 spiro atoms. The average Bonchev–Trinajstić information content (AvgIpc) is 2.77. The third-order valence-corrected chi connectivity index (χ3v) is 5.05. The van der Waals surface area contributed by atoms with Crippen molar-refractivity contribution in [2.75, 3.05) is 51.8 Å². The summed E-state index contributed by atoms with van der Waals surface area (Å²) in [5, 5.41) is 13.7. The molecule has 7 nitrogen and oxygen atoms in total. The first-order chi connectivity index (χ1) is 14.2. The number of guanidine groups is 1. The molecule has 8 heteroatoms. The summed E-state index contributed by atoms with van der Waals surface area (Å²) >= 11 is 0. The average molecular weight is 526 g/mol. The van der Waals surface area contributed by atoms with Crippen LogP contribution in [0, 0.1) is 0 Å². The van der Waals surface area contributed by atoms with Crippen LogP contribution in [0.1, 0.15) is 12.5 Å². The molecule has 2 aromatic carbocycles. The van der Waals surface area contributed by atoms with E-state index >= 15 is 0 Å². The zero-order chi connectivity index (χ0) is 20.6. The summed E-state index contributed by atoms with van der Waals surface area (Å²) in [4.78, 5) is 9.38. The SMILES string of the molecule is CCNC(=NCc1cccc(OC)c1O)N1CCN(c2ccc(OC)cc2)CC1.I. The second-order valence-corrected chi connectivity index (χ2v) is 6.81. The number of nitrogens with zero attached hydrogens (tertiary/aromatic N) is 3. The first-order valence-electron chi connectivity index (χ1n) is 9.93. The lowest BCUT2D eigenvalue weighted by Crippen LogP contribution is -2.52. The number of hydrogen-bond donors (Lipinski definition) is 2. The predicted molar refractivity (Wildman–Crippen MR) is 132 cm³/mol. The van der Waals surface area contributed by atoms with E-state index in [4.69, 9.17) is 14.5 Å². The van der Waals surface area contributed by atoms with Crippen LogP contribution in [0.4, 0.5) is 5.69 Å². The third-order valence-electron chi connectivity index (χ3n) is 5.05. The van der Waals surface area contributed by atoms with Gasteiger partial charge in [-0.15, -0.1) is 24.0 Å². The Balaban J connectivity index is 0.00000320. The number of anilines is 1. The molecule has 1 aliphatic heterocycles. The van der Waals surface area contributed by atoms with Crippen LogP contribution in [0.3, 0.4) is 0 Å². The van der Waals surface area contributed by atoms with Gasteiger partial charge in [0.25, 0.3) is 0 Å². The van der Waals surface area contributed by atoms with Crippen LogP contribution >= 0.6 is 24.0 Å². The maximum absolute atomic E-state index is 10.3. The number of aliphatic imine (C=N–C) groups is 1. The smallest absolute Gasteiger partial charge is 0.194 e. The summed E-state index contributed by atoms with van der Waals surface area (Å²) in [5.74, 6) is 2.36. The van der Waals surface area contributed by atoms with Gasteiger partial charge in [-0.05, 0) is 37.3 Å². The van der Waals surface area contributed by atoms with Crippen LogP contribution in [-0.4, -0.2) is 62.9 Å². The number of phenols is 1. The number of phenolic OH excluding ortho intramolecular Hbond substituents is 1. The Bertz CT molecular complexity index is 822. The molecule has 0 aliphatic carbocycles. The molecule has 0 aromatic heterocycles. The van der Waals surface area contributed by atoms with Gasteiger partial charge in [0.2, 0.25) is 0 Å². The van der Waals surface area contributed by atoms with E-state index in [0.717, 1.165) is 50.0 Å². The fraction of sp³-hybridized carbons (Fsp3) is 0.409. The zero-order valence-corrected chi connectivity index (χ0v) is 20.1. The molecule has 0 amide bonds. The monoisotopic (exact) mass is 526 g/mol. The lowest BCUT2D eigenvalue weighted by Gasteiger charge is -2.37. The third kappa shape index (κ3) is 5.84. The minimum absolute atomic E-state index is 0. The summed E-state index contributed by atoms with van der Waals surface area (Å²) in [6.45, 7) is 6.84. The van der Waals surface area contributed by atoms with Crippen LogP contribution in [0.2, 0.25) is 0 Å². The number of halogens is 1. The number of nitrogens with one attached hydrogen (secondary N) is 1. The summed E-state index contributed by atoms with van der Waals surface area (Å²) in [6.07, 6.45) is 0. The van der Waals surface area contributed by atoms with Crippen LogP contribution in [0.15, 0.2) is 47.5 Å². The largest absolute Gasteiger partial charge is 0.504 e. The standard InChI is InChI=1S/C22H30N4O3.HI/c1-4-23-22(24-16-17-6-5-7-20(29-3)21(17)27)26-14-12-25(13-15-26)18-8-10-19(28-2)11-9-18;/h5-11,27H,4,12-16H2,1-3H3,(H,23,24);1H. The Labute approximate surface area is 195 Å². The lowest BCUT2D eigenvalue weighted by atomic mass is 10.2. The van der Waals surface area contributed by atoms with Crippen LogP contribution < -0.4 is 19.7 Å². The molecule has 2 aromatic rings. The minimum Gasteiger partial charge on any atom is -0.504 e. The molecule has 1 heterocycles. The normalized spacial score (nSPS) is 14.2. The van der Waals surface area contributed by atoms with E-state index in [1.807, 2.05) is 24.3 Å². The van der Waals surface area contributed by atoms with Crippen molar-refractivity contribution in [2.24, 2.45) is 4.99 Å². The van der Waals surface area contributed by atoms with Crippen molar-refractivity contribution in [3.63, 3.8) is 0 Å². The molecule has 0 bridgehead atoms. The maximum Gasteiger partial charge on any atom is 0.194 e. The van der Waals surface area contributed by atoms with Crippen molar-refractivity contribution in [1.29, 1.82) is 0 Å². The van der Waals surface area contributed by atoms with Gasteiger partial charge in [0.15, 0.2) is 17.5 Å². The summed E-state index contributed by atoms with van der Waals surface area (Å²) in [5.41, 5.74) is 1.95. The molecule has 0 radical (unpaired) electrons. The van der Waals surface area contributed by atoms with Gasteiger partial charge in [0.05, 0.1) is 20.8 Å². The number of aromatic hydroxyl groups is 1. The van der Waals surface area contributed by atoms with E-state index in [9.17, 15) is 5.11 Å². The molecule has 3 rings (SSSR count). The molecule has 2 N–H and O–H groups in total. The Morgan fingerprint density at radius 1 is 1.03 bits per heavy atom. The number of benzene rings is 2. The highest BCUT2D eigenvalue weighted by molar-refractivity contribution is 14.0. The molecule has 1 aliphatic rings. The molecular formula is C22H31IN4O3. The number of rotatable bonds is 6. The van der Waals surface area contributed by atoms with Crippen LogP contribution in [-0.2, 0) is 6.54 Å². The van der Waals surface area contributed by atoms with Crippen molar-refractivity contribution in [2.45, 2.75) is 13.5 Å². The van der Waals surface area contributed by atoms with Crippen molar-refractivity contribution in [3.05, 3.63) is 48.0 Å². The van der Waals surface area contributed by atoms with Crippen LogP contribution in [0.5, 0.6) is 17.2 Å². The van der Waals surface area contributed by atoms with Gasteiger partial charge in [-0.25, -0.2) is 4.99 Å². The maximum atomic E-state index is 10.3. The number of hydrogen-bond acceptors (Lipinski definition) is 5. The van der Waals surface area contributed by atoms with E-state index in [0.29, 0.717) is 12.3 Å². The summed E-state index contributed by atoms with van der Waals surface area (Å²) in [7, 11) is 3.23. The second kappa shape index (κ2) is 11.7. The minimum atomic E-state index is 0. The second-order valence-electron chi connectivity index (χ2n) is 6.81. The summed E-state index contributed by atoms with van der Waals surface area (Å²) < 4.78 is 10.4. The first-order valence-corrected chi connectivity index (χ1v) is 9.93. The van der Waals surface area contributed by atoms with Gasteiger partial charge in [-0.2, -0.15) is 0 Å². The number of methoxy groups -OCH3 is 2. The molecule has 0 saturated carbocycles. The van der Waals surface area contributed by atoms with Gasteiger partial charge in [-0.3, -0.25) is 0 Å². The molecule has 30 heavy (non-hydrogen) atoms. The zero-order valence-electron chi connectivity index (χ0n) is 17.8. The highest BCUT2D eigenvalue weighted by Gasteiger charge is 2.20. The van der Waals surface area contributed by atoms with E-state index in [1.165, 1.54) is 5.69 Å². The fourth-order valence-electron chi connectivity index (χ4n) is 3.42. The number of piperazine rings is 1. The predicted octanol–water partition coefficient (Wildman–Crippen LogP) is 3.32. The van der Waals surface area contributed by atoms with E-state index < -0.39 is 0 Å². The van der Waals surface area contributed by atoms with E-state index in [-0.39, 0.29) is 29.7 Å². The summed E-state index contributed by atoms with van der Waals surface area (Å²) in [6, 6.07) is 13.7. The molecule has 0 unspecified atom stereocenters. The molecule has 0 atom stereocenters. The number of ether oxygens (including phenoxy) is 2. The first kappa shape index (κ1) is 23.9. The quantitative estimate of drug-likeness (QED) is 0.342. The molecule has 1 fully saturated rings.